The average Bonchev–Trinajstić information content (AvgIpc) is 2.98. The Hall–Kier alpha value is -1.49. The minimum atomic E-state index is 0.281. The van der Waals surface area contributed by atoms with Crippen molar-refractivity contribution < 1.29 is 4.74 Å². The van der Waals surface area contributed by atoms with E-state index in [4.69, 9.17) is 4.74 Å². The fraction of sp³-hybridized carbons (Fsp3) is 0.811. The van der Waals surface area contributed by atoms with Gasteiger partial charge in [-0.15, -0.1) is 0 Å². The van der Waals surface area contributed by atoms with Crippen LogP contribution >= 0.6 is 0 Å². The Morgan fingerprint density at radius 1 is 0.692 bits per heavy atom. The smallest absolute Gasteiger partial charge is 0.119 e. The molecule has 0 heterocycles. The Labute approximate surface area is 242 Å². The molecule has 1 atom stereocenters. The van der Waals surface area contributed by atoms with Gasteiger partial charge >= 0.3 is 0 Å². The lowest BCUT2D eigenvalue weighted by atomic mass is 9.70. The zero-order chi connectivity index (χ0) is 27.5. The van der Waals surface area contributed by atoms with Crippen LogP contribution in [0, 0.1) is 35.0 Å². The molecule has 0 bridgehead atoms. The molecular formula is C37H61NO. The number of benzene rings is 1. The Kier molecular flexibility index (Phi) is 16.1. The molecule has 0 aromatic heterocycles. The topological polar surface area (TPSA) is 33.0 Å². The highest BCUT2D eigenvalue weighted by Gasteiger charge is 2.31. The van der Waals surface area contributed by atoms with Gasteiger partial charge in [0.15, 0.2) is 0 Å². The number of unbranched alkanes of at least 4 members (excludes halogenated alkanes) is 10. The van der Waals surface area contributed by atoms with Crippen molar-refractivity contribution >= 4 is 0 Å². The van der Waals surface area contributed by atoms with E-state index in [9.17, 15) is 5.26 Å². The van der Waals surface area contributed by atoms with Crippen LogP contribution < -0.4 is 4.74 Å². The second kappa shape index (κ2) is 19.6. The molecule has 0 N–H and O–H groups in total. The molecule has 2 fully saturated rings. The SMILES string of the molecule is CCCCCCCCOc1ccc(C2CCC(C(C#N)CC3CCC(CCCCCCCC)CC3)CC2)cc1. The number of rotatable bonds is 19. The van der Waals surface area contributed by atoms with Crippen LogP contribution in [0.1, 0.15) is 167 Å². The largest absolute Gasteiger partial charge is 0.494 e. The van der Waals surface area contributed by atoms with E-state index in [2.05, 4.69) is 44.2 Å². The van der Waals surface area contributed by atoms with Crippen LogP contribution in [0.2, 0.25) is 0 Å². The maximum Gasteiger partial charge on any atom is 0.119 e. The summed E-state index contributed by atoms with van der Waals surface area (Å²) in [6.45, 7) is 5.41. The first-order valence-corrected chi connectivity index (χ1v) is 17.4. The second-order valence-electron chi connectivity index (χ2n) is 13.2. The van der Waals surface area contributed by atoms with Crippen molar-refractivity contribution in [2.24, 2.45) is 23.7 Å². The third-order valence-electron chi connectivity index (χ3n) is 10.1. The summed E-state index contributed by atoms with van der Waals surface area (Å²) < 4.78 is 6.00. The lowest BCUT2D eigenvalue weighted by Crippen LogP contribution is -2.24. The Bertz CT molecular complexity index is 764. The third-order valence-corrected chi connectivity index (χ3v) is 10.1. The van der Waals surface area contributed by atoms with Crippen LogP contribution in [0.5, 0.6) is 5.75 Å². The fourth-order valence-electron chi connectivity index (χ4n) is 7.44. The maximum atomic E-state index is 10.1. The molecule has 1 aromatic rings. The molecule has 0 radical (unpaired) electrons. The van der Waals surface area contributed by atoms with Crippen LogP contribution in [0.15, 0.2) is 24.3 Å². The minimum absolute atomic E-state index is 0.281. The van der Waals surface area contributed by atoms with E-state index >= 15 is 0 Å². The van der Waals surface area contributed by atoms with Crippen LogP contribution in [0.25, 0.3) is 0 Å². The predicted octanol–water partition coefficient (Wildman–Crippen LogP) is 11.8. The highest BCUT2D eigenvalue weighted by atomic mass is 16.5. The summed E-state index contributed by atoms with van der Waals surface area (Å²) in [4.78, 5) is 0. The second-order valence-corrected chi connectivity index (χ2v) is 13.2. The summed E-state index contributed by atoms with van der Waals surface area (Å²) >= 11 is 0. The summed E-state index contributed by atoms with van der Waals surface area (Å²) in [6.07, 6.45) is 29.5. The van der Waals surface area contributed by atoms with Gasteiger partial charge in [-0.05, 0) is 79.9 Å². The Morgan fingerprint density at radius 3 is 1.87 bits per heavy atom. The summed E-state index contributed by atoms with van der Waals surface area (Å²) in [5.74, 6) is 4.35. The standard InChI is InChI=1S/C37H61NO/c1-3-5-7-9-11-13-15-31-16-18-32(19-17-31)29-36(30-38)35-22-20-33(21-23-35)34-24-26-37(27-25-34)39-28-14-12-10-8-6-4-2/h24-27,31-33,35-36H,3-23,28-29H2,1-2H3. The zero-order valence-corrected chi connectivity index (χ0v) is 25.8. The predicted molar refractivity (Wildman–Crippen MR) is 167 cm³/mol. The van der Waals surface area contributed by atoms with Crippen LogP contribution in [-0.4, -0.2) is 6.61 Å². The molecule has 3 rings (SSSR count). The molecule has 39 heavy (non-hydrogen) atoms. The van der Waals surface area contributed by atoms with Crippen molar-refractivity contribution in [2.75, 3.05) is 6.61 Å². The van der Waals surface area contributed by atoms with Gasteiger partial charge in [-0.3, -0.25) is 0 Å². The number of hydrogen-bond donors (Lipinski definition) is 0. The molecule has 1 aromatic carbocycles. The van der Waals surface area contributed by atoms with Crippen molar-refractivity contribution in [3.63, 3.8) is 0 Å². The van der Waals surface area contributed by atoms with E-state index in [0.717, 1.165) is 30.6 Å². The van der Waals surface area contributed by atoms with Crippen molar-refractivity contribution in [3.8, 4) is 11.8 Å². The van der Waals surface area contributed by atoms with Crippen molar-refractivity contribution in [1.82, 2.24) is 0 Å². The van der Waals surface area contributed by atoms with Gasteiger partial charge in [0, 0.05) is 5.92 Å². The normalized spacial score (nSPS) is 24.2. The van der Waals surface area contributed by atoms with Gasteiger partial charge in [-0.2, -0.15) is 5.26 Å². The maximum absolute atomic E-state index is 10.1. The Balaban J connectivity index is 1.29. The summed E-state index contributed by atoms with van der Waals surface area (Å²) in [5.41, 5.74) is 1.47. The molecule has 2 nitrogen and oxygen atoms in total. The van der Waals surface area contributed by atoms with E-state index in [-0.39, 0.29) is 5.92 Å². The molecule has 0 aliphatic heterocycles. The van der Waals surface area contributed by atoms with E-state index in [1.807, 2.05) is 0 Å². The first-order chi connectivity index (χ1) is 19.2. The molecule has 220 valence electrons. The molecule has 0 saturated heterocycles. The Morgan fingerprint density at radius 2 is 1.26 bits per heavy atom. The van der Waals surface area contributed by atoms with Crippen LogP contribution in [-0.2, 0) is 0 Å². The van der Waals surface area contributed by atoms with E-state index in [1.165, 1.54) is 140 Å². The monoisotopic (exact) mass is 535 g/mol. The molecule has 2 heteroatoms. The van der Waals surface area contributed by atoms with Crippen LogP contribution in [0.4, 0.5) is 0 Å². The molecular weight excluding hydrogens is 474 g/mol. The first kappa shape index (κ1) is 32.0. The number of hydrogen-bond acceptors (Lipinski definition) is 2. The third kappa shape index (κ3) is 12.3. The number of nitrogens with zero attached hydrogens (tertiary/aromatic N) is 1. The first-order valence-electron chi connectivity index (χ1n) is 17.4. The number of ether oxygens (including phenoxy) is 1. The molecule has 1 unspecified atom stereocenters. The zero-order valence-electron chi connectivity index (χ0n) is 25.8. The highest BCUT2D eigenvalue weighted by molar-refractivity contribution is 5.29. The van der Waals surface area contributed by atoms with E-state index in [1.54, 1.807) is 0 Å². The number of nitriles is 1. The van der Waals surface area contributed by atoms with Gasteiger partial charge in [0.2, 0.25) is 0 Å². The van der Waals surface area contributed by atoms with Gasteiger partial charge in [-0.25, -0.2) is 0 Å². The molecule has 2 aliphatic rings. The lowest BCUT2D eigenvalue weighted by Gasteiger charge is -2.34. The highest BCUT2D eigenvalue weighted by Crippen LogP contribution is 2.43. The van der Waals surface area contributed by atoms with Gasteiger partial charge in [0.25, 0.3) is 0 Å². The minimum Gasteiger partial charge on any atom is -0.494 e. The lowest BCUT2D eigenvalue weighted by molar-refractivity contribution is 0.193. The van der Waals surface area contributed by atoms with Crippen molar-refractivity contribution in [3.05, 3.63) is 29.8 Å². The summed E-state index contributed by atoms with van der Waals surface area (Å²) in [7, 11) is 0. The van der Waals surface area contributed by atoms with Gasteiger partial charge < -0.3 is 4.74 Å². The van der Waals surface area contributed by atoms with Crippen LogP contribution in [0.3, 0.4) is 0 Å². The van der Waals surface area contributed by atoms with Crippen molar-refractivity contribution in [2.45, 2.75) is 161 Å². The summed E-state index contributed by atoms with van der Waals surface area (Å²) in [6, 6.07) is 11.7. The van der Waals surface area contributed by atoms with Gasteiger partial charge in [0.05, 0.1) is 12.7 Å². The van der Waals surface area contributed by atoms with Crippen molar-refractivity contribution in [1.29, 1.82) is 5.26 Å². The van der Waals surface area contributed by atoms with E-state index < -0.39 is 0 Å². The molecule has 0 amide bonds. The van der Waals surface area contributed by atoms with E-state index in [0.29, 0.717) is 11.8 Å². The van der Waals surface area contributed by atoms with Gasteiger partial charge in [0.1, 0.15) is 5.75 Å². The summed E-state index contributed by atoms with van der Waals surface area (Å²) in [5, 5.41) is 10.1. The molecule has 2 saturated carbocycles. The molecule has 2 aliphatic carbocycles. The molecule has 0 spiro atoms. The van der Waals surface area contributed by atoms with Gasteiger partial charge in [-0.1, -0.05) is 129 Å². The fourth-order valence-corrected chi connectivity index (χ4v) is 7.44. The quantitative estimate of drug-likeness (QED) is 0.165. The average molecular weight is 536 g/mol.